The van der Waals surface area contributed by atoms with Gasteiger partial charge >= 0.3 is 5.97 Å². The maximum atomic E-state index is 11.9. The minimum absolute atomic E-state index is 0.0864. The molecule has 0 radical (unpaired) electrons. The van der Waals surface area contributed by atoms with E-state index >= 15 is 0 Å². The van der Waals surface area contributed by atoms with Crippen molar-refractivity contribution in [3.63, 3.8) is 0 Å². The highest BCUT2D eigenvalue weighted by atomic mass is 16.5. The number of hydrogen-bond donors (Lipinski definition) is 0. The summed E-state index contributed by atoms with van der Waals surface area (Å²) in [7, 11) is 0. The lowest BCUT2D eigenvalue weighted by Gasteiger charge is -2.21. The van der Waals surface area contributed by atoms with E-state index in [4.69, 9.17) is 14.0 Å². The van der Waals surface area contributed by atoms with E-state index in [2.05, 4.69) is 10.1 Å². The van der Waals surface area contributed by atoms with Crippen molar-refractivity contribution in [2.75, 3.05) is 6.61 Å². The molecule has 1 aliphatic rings. The van der Waals surface area contributed by atoms with Crippen LogP contribution >= 0.6 is 0 Å². The number of nitrogens with zero attached hydrogens (tertiary/aromatic N) is 2. The SMILES string of the molecule is CCOc1ccc(-c2noc(CCC(=O)OC3CCCCC3)n2)cc1. The first-order chi connectivity index (χ1) is 12.2. The molecule has 3 rings (SSSR count). The quantitative estimate of drug-likeness (QED) is 0.708. The summed E-state index contributed by atoms with van der Waals surface area (Å²) in [5.41, 5.74) is 0.850. The highest BCUT2D eigenvalue weighted by Gasteiger charge is 2.18. The van der Waals surface area contributed by atoms with Crippen molar-refractivity contribution in [1.29, 1.82) is 0 Å². The van der Waals surface area contributed by atoms with Crippen LogP contribution in [0.4, 0.5) is 0 Å². The summed E-state index contributed by atoms with van der Waals surface area (Å²) >= 11 is 0. The fourth-order valence-electron chi connectivity index (χ4n) is 2.98. The van der Waals surface area contributed by atoms with Gasteiger partial charge in [0.15, 0.2) is 0 Å². The largest absolute Gasteiger partial charge is 0.494 e. The second-order valence-corrected chi connectivity index (χ2v) is 6.22. The molecule has 1 saturated carbocycles. The lowest BCUT2D eigenvalue weighted by Crippen LogP contribution is -2.21. The summed E-state index contributed by atoms with van der Waals surface area (Å²) in [6, 6.07) is 7.51. The van der Waals surface area contributed by atoms with Gasteiger partial charge in [0.05, 0.1) is 13.0 Å². The predicted molar refractivity (Wildman–Crippen MR) is 92.2 cm³/mol. The molecule has 25 heavy (non-hydrogen) atoms. The molecule has 0 bridgehead atoms. The van der Waals surface area contributed by atoms with E-state index in [1.165, 1.54) is 6.42 Å². The maximum Gasteiger partial charge on any atom is 0.306 e. The van der Waals surface area contributed by atoms with Gasteiger partial charge in [0.25, 0.3) is 0 Å². The Hall–Kier alpha value is -2.37. The van der Waals surface area contributed by atoms with E-state index in [-0.39, 0.29) is 18.5 Å². The Labute approximate surface area is 147 Å². The Bertz CT molecular complexity index is 675. The number of hydrogen-bond acceptors (Lipinski definition) is 6. The highest BCUT2D eigenvalue weighted by molar-refractivity contribution is 5.69. The lowest BCUT2D eigenvalue weighted by molar-refractivity contribution is -0.150. The van der Waals surface area contributed by atoms with Crippen LogP contribution in [0.1, 0.15) is 51.3 Å². The summed E-state index contributed by atoms with van der Waals surface area (Å²) < 4.78 is 16.1. The summed E-state index contributed by atoms with van der Waals surface area (Å²) in [5, 5.41) is 3.98. The van der Waals surface area contributed by atoms with E-state index in [1.54, 1.807) is 0 Å². The van der Waals surface area contributed by atoms with Gasteiger partial charge in [0.2, 0.25) is 11.7 Å². The van der Waals surface area contributed by atoms with Crippen LogP contribution in [0.5, 0.6) is 5.75 Å². The van der Waals surface area contributed by atoms with E-state index in [1.807, 2.05) is 31.2 Å². The number of ether oxygens (including phenoxy) is 2. The molecule has 0 amide bonds. The van der Waals surface area contributed by atoms with Gasteiger partial charge in [-0.05, 0) is 56.9 Å². The molecule has 0 N–H and O–H groups in total. The van der Waals surface area contributed by atoms with Crippen molar-refractivity contribution in [1.82, 2.24) is 10.1 Å². The third-order valence-corrected chi connectivity index (χ3v) is 4.28. The number of aromatic nitrogens is 2. The summed E-state index contributed by atoms with van der Waals surface area (Å²) in [4.78, 5) is 16.3. The average Bonchev–Trinajstić information content (AvgIpc) is 3.11. The van der Waals surface area contributed by atoms with Crippen molar-refractivity contribution in [2.45, 2.75) is 58.0 Å². The van der Waals surface area contributed by atoms with E-state index in [9.17, 15) is 4.79 Å². The average molecular weight is 344 g/mol. The lowest BCUT2D eigenvalue weighted by atomic mass is 9.98. The van der Waals surface area contributed by atoms with Crippen LogP contribution in [0.2, 0.25) is 0 Å². The van der Waals surface area contributed by atoms with Gasteiger partial charge in [-0.15, -0.1) is 0 Å². The Morgan fingerprint density at radius 2 is 1.96 bits per heavy atom. The number of carbonyl (C=O) groups is 1. The first-order valence-corrected chi connectivity index (χ1v) is 9.00. The molecule has 0 atom stereocenters. The van der Waals surface area contributed by atoms with Crippen LogP contribution in [0, 0.1) is 0 Å². The van der Waals surface area contributed by atoms with Crippen LogP contribution < -0.4 is 4.74 Å². The molecular weight excluding hydrogens is 320 g/mol. The van der Waals surface area contributed by atoms with Crippen molar-refractivity contribution in [3.05, 3.63) is 30.2 Å². The van der Waals surface area contributed by atoms with E-state index in [0.29, 0.717) is 24.7 Å². The van der Waals surface area contributed by atoms with Crippen LogP contribution in [-0.2, 0) is 16.0 Å². The molecule has 2 aromatic rings. The maximum absolute atomic E-state index is 11.9. The van der Waals surface area contributed by atoms with Crippen LogP contribution in [0.15, 0.2) is 28.8 Å². The second kappa shape index (κ2) is 8.65. The molecule has 1 heterocycles. The number of benzene rings is 1. The zero-order valence-corrected chi connectivity index (χ0v) is 14.6. The zero-order chi connectivity index (χ0) is 17.5. The molecule has 0 saturated heterocycles. The molecule has 1 aromatic heterocycles. The molecule has 6 nitrogen and oxygen atoms in total. The summed E-state index contributed by atoms with van der Waals surface area (Å²) in [5.74, 6) is 1.58. The molecule has 1 fully saturated rings. The fraction of sp³-hybridized carbons (Fsp3) is 0.526. The molecule has 1 aromatic carbocycles. The van der Waals surface area contributed by atoms with Crippen LogP contribution in [0.25, 0.3) is 11.4 Å². The van der Waals surface area contributed by atoms with Gasteiger partial charge < -0.3 is 14.0 Å². The molecule has 6 heteroatoms. The molecule has 0 unspecified atom stereocenters. The highest BCUT2D eigenvalue weighted by Crippen LogP contribution is 2.22. The first-order valence-electron chi connectivity index (χ1n) is 9.00. The van der Waals surface area contributed by atoms with Crippen molar-refractivity contribution < 1.29 is 18.8 Å². The molecular formula is C19H24N2O4. The second-order valence-electron chi connectivity index (χ2n) is 6.22. The first kappa shape index (κ1) is 17.5. The van der Waals surface area contributed by atoms with Gasteiger partial charge in [0, 0.05) is 12.0 Å². The number of carbonyl (C=O) groups excluding carboxylic acids is 1. The predicted octanol–water partition coefficient (Wildman–Crippen LogP) is 3.94. The summed E-state index contributed by atoms with van der Waals surface area (Å²) in [6.45, 7) is 2.57. The number of rotatable bonds is 7. The van der Waals surface area contributed by atoms with E-state index in [0.717, 1.165) is 37.0 Å². The van der Waals surface area contributed by atoms with Crippen molar-refractivity contribution >= 4 is 5.97 Å². The molecule has 134 valence electrons. The summed E-state index contributed by atoms with van der Waals surface area (Å²) in [6.07, 6.45) is 6.24. The Balaban J connectivity index is 1.50. The zero-order valence-electron chi connectivity index (χ0n) is 14.6. The van der Waals surface area contributed by atoms with Gasteiger partial charge in [0.1, 0.15) is 11.9 Å². The van der Waals surface area contributed by atoms with Crippen LogP contribution in [-0.4, -0.2) is 28.8 Å². The van der Waals surface area contributed by atoms with Gasteiger partial charge in [-0.3, -0.25) is 4.79 Å². The van der Waals surface area contributed by atoms with Gasteiger partial charge in [-0.2, -0.15) is 4.98 Å². The minimum Gasteiger partial charge on any atom is -0.494 e. The third kappa shape index (κ3) is 5.05. The standard InChI is InChI=1S/C19H24N2O4/c1-2-23-15-10-8-14(9-11-15)19-20-17(25-21-19)12-13-18(22)24-16-6-4-3-5-7-16/h8-11,16H,2-7,12-13H2,1H3. The Morgan fingerprint density at radius 3 is 2.68 bits per heavy atom. The Kier molecular flexibility index (Phi) is 6.04. The topological polar surface area (TPSA) is 74.5 Å². The fourth-order valence-corrected chi connectivity index (χ4v) is 2.98. The minimum atomic E-state index is -0.187. The van der Waals surface area contributed by atoms with E-state index < -0.39 is 0 Å². The molecule has 0 spiro atoms. The van der Waals surface area contributed by atoms with Crippen LogP contribution in [0.3, 0.4) is 0 Å². The van der Waals surface area contributed by atoms with Crippen molar-refractivity contribution in [3.8, 4) is 17.1 Å². The molecule has 0 aliphatic heterocycles. The smallest absolute Gasteiger partial charge is 0.306 e. The number of esters is 1. The normalized spacial score (nSPS) is 15.1. The number of aryl methyl sites for hydroxylation is 1. The Morgan fingerprint density at radius 1 is 1.20 bits per heavy atom. The third-order valence-electron chi connectivity index (χ3n) is 4.28. The van der Waals surface area contributed by atoms with Crippen molar-refractivity contribution in [2.24, 2.45) is 0 Å². The van der Waals surface area contributed by atoms with Gasteiger partial charge in [-0.1, -0.05) is 11.6 Å². The molecule has 1 aliphatic carbocycles. The monoisotopic (exact) mass is 344 g/mol. The van der Waals surface area contributed by atoms with Gasteiger partial charge in [-0.25, -0.2) is 0 Å².